The molecule has 0 unspecified atom stereocenters. The molecule has 0 saturated carbocycles. The fraction of sp³-hybridized carbons (Fsp3) is 0. The highest BCUT2D eigenvalue weighted by Crippen LogP contribution is 2.29. The maximum atomic E-state index is 11.1. The fourth-order valence-electron chi connectivity index (χ4n) is 2.88. The number of fused-ring (bicyclic) bond motifs is 2. The number of nitrogens with zero attached hydrogens (tertiary/aromatic N) is 4. The molecule has 4 rings (SSSR count). The van der Waals surface area contributed by atoms with E-state index in [-0.39, 0.29) is 11.4 Å². The highest BCUT2D eigenvalue weighted by Gasteiger charge is 2.15. The summed E-state index contributed by atoms with van der Waals surface area (Å²) in [6, 6.07) is 16.0. The zero-order valence-corrected chi connectivity index (χ0v) is 13.2. The second kappa shape index (κ2) is 5.85. The minimum Gasteiger partial charge on any atom is -0.258 e. The summed E-state index contributed by atoms with van der Waals surface area (Å²) in [5, 5.41) is 23.1. The summed E-state index contributed by atoms with van der Waals surface area (Å²) < 4.78 is 0. The third-order valence-corrected chi connectivity index (χ3v) is 4.07. The molecule has 0 aliphatic carbocycles. The smallest absolute Gasteiger partial charge is 0.258 e. The van der Waals surface area contributed by atoms with Gasteiger partial charge >= 0.3 is 0 Å². The van der Waals surface area contributed by atoms with Gasteiger partial charge in [0, 0.05) is 12.1 Å². The number of aromatic nitrogens is 2. The van der Waals surface area contributed by atoms with E-state index in [1.807, 2.05) is 0 Å². The highest BCUT2D eigenvalue weighted by molar-refractivity contribution is 5.91. The number of hydrogen-bond donors (Lipinski definition) is 0. The van der Waals surface area contributed by atoms with E-state index in [4.69, 9.17) is 0 Å². The van der Waals surface area contributed by atoms with Crippen LogP contribution in [0.15, 0.2) is 60.7 Å². The molecule has 26 heavy (non-hydrogen) atoms. The van der Waals surface area contributed by atoms with Crippen molar-refractivity contribution < 1.29 is 9.85 Å². The Morgan fingerprint density at radius 3 is 1.42 bits per heavy atom. The number of benzene rings is 2. The van der Waals surface area contributed by atoms with Gasteiger partial charge in [0.2, 0.25) is 0 Å². The molecule has 8 heteroatoms. The molecule has 0 radical (unpaired) electrons. The van der Waals surface area contributed by atoms with Crippen molar-refractivity contribution in [1.82, 2.24) is 9.97 Å². The number of non-ortho nitro benzene ring substituents is 2. The molecule has 126 valence electrons. The maximum absolute atomic E-state index is 11.1. The van der Waals surface area contributed by atoms with Crippen LogP contribution in [-0.4, -0.2) is 19.8 Å². The lowest BCUT2D eigenvalue weighted by molar-refractivity contribution is -0.383. The largest absolute Gasteiger partial charge is 0.278 e. The van der Waals surface area contributed by atoms with Gasteiger partial charge in [-0.15, -0.1) is 0 Å². The van der Waals surface area contributed by atoms with Crippen LogP contribution >= 0.6 is 0 Å². The molecule has 2 aromatic carbocycles. The van der Waals surface area contributed by atoms with Crippen molar-refractivity contribution in [2.45, 2.75) is 0 Å². The van der Waals surface area contributed by atoms with Gasteiger partial charge in [-0.2, -0.15) is 0 Å². The van der Waals surface area contributed by atoms with Crippen LogP contribution in [0.2, 0.25) is 0 Å². The average Bonchev–Trinajstić information content (AvgIpc) is 2.65. The summed E-state index contributed by atoms with van der Waals surface area (Å²) in [6.07, 6.45) is 0. The molecule has 0 amide bonds. The van der Waals surface area contributed by atoms with Crippen LogP contribution in [0.4, 0.5) is 11.4 Å². The Labute approximate surface area is 146 Å². The first-order valence-electron chi connectivity index (χ1n) is 7.63. The quantitative estimate of drug-likeness (QED) is 0.404. The molecule has 0 saturated heterocycles. The Morgan fingerprint density at radius 1 is 0.615 bits per heavy atom. The number of rotatable bonds is 3. The molecular weight excluding hydrogens is 336 g/mol. The molecule has 0 bridgehead atoms. The normalized spacial score (nSPS) is 10.9. The monoisotopic (exact) mass is 346 g/mol. The van der Waals surface area contributed by atoms with Crippen LogP contribution in [0.1, 0.15) is 0 Å². The molecule has 8 nitrogen and oxygen atoms in total. The van der Waals surface area contributed by atoms with Gasteiger partial charge in [0.1, 0.15) is 0 Å². The zero-order valence-electron chi connectivity index (χ0n) is 13.2. The van der Waals surface area contributed by atoms with E-state index < -0.39 is 9.85 Å². The van der Waals surface area contributed by atoms with E-state index in [9.17, 15) is 20.2 Å². The third kappa shape index (κ3) is 2.49. The third-order valence-electron chi connectivity index (χ3n) is 4.07. The molecule has 0 aliphatic rings. The van der Waals surface area contributed by atoms with Gasteiger partial charge in [0.25, 0.3) is 11.4 Å². The molecule has 2 aromatic heterocycles. The van der Waals surface area contributed by atoms with Gasteiger partial charge in [0.05, 0.1) is 43.0 Å². The Morgan fingerprint density at radius 2 is 1.04 bits per heavy atom. The van der Waals surface area contributed by atoms with Crippen molar-refractivity contribution in [1.29, 1.82) is 0 Å². The minimum absolute atomic E-state index is 0.0105. The van der Waals surface area contributed by atoms with E-state index in [0.29, 0.717) is 33.2 Å². The SMILES string of the molecule is O=[N+]([O-])c1cccc2nc(-c3ccc4c([N+](=O)[O-])cccc4n3)ccc12. The zero-order chi connectivity index (χ0) is 18.3. The summed E-state index contributed by atoms with van der Waals surface area (Å²) >= 11 is 0. The van der Waals surface area contributed by atoms with Crippen molar-refractivity contribution in [2.24, 2.45) is 0 Å². The van der Waals surface area contributed by atoms with Gasteiger partial charge in [0.15, 0.2) is 0 Å². The van der Waals surface area contributed by atoms with Crippen LogP contribution in [0.5, 0.6) is 0 Å². The molecule has 4 aromatic rings. The van der Waals surface area contributed by atoms with E-state index >= 15 is 0 Å². The maximum Gasteiger partial charge on any atom is 0.278 e. The van der Waals surface area contributed by atoms with Gasteiger partial charge < -0.3 is 0 Å². The molecule has 0 atom stereocenters. The second-order valence-electron chi connectivity index (χ2n) is 5.59. The first-order chi connectivity index (χ1) is 12.5. The predicted molar refractivity (Wildman–Crippen MR) is 95.8 cm³/mol. The molecule has 2 heterocycles. The van der Waals surface area contributed by atoms with Crippen molar-refractivity contribution in [3.8, 4) is 11.4 Å². The Kier molecular flexibility index (Phi) is 3.51. The number of hydrogen-bond acceptors (Lipinski definition) is 6. The van der Waals surface area contributed by atoms with Crippen LogP contribution in [-0.2, 0) is 0 Å². The summed E-state index contributed by atoms with van der Waals surface area (Å²) in [5.74, 6) is 0. The topological polar surface area (TPSA) is 112 Å². The number of nitro benzene ring substituents is 2. The van der Waals surface area contributed by atoms with Crippen molar-refractivity contribution in [3.05, 3.63) is 80.9 Å². The Bertz CT molecular complexity index is 1110. The van der Waals surface area contributed by atoms with Crippen LogP contribution < -0.4 is 0 Å². The summed E-state index contributed by atoms with van der Waals surface area (Å²) in [4.78, 5) is 30.2. The molecule has 0 spiro atoms. The molecular formula is C18H10N4O4. The van der Waals surface area contributed by atoms with Gasteiger partial charge in [-0.25, -0.2) is 9.97 Å². The van der Waals surface area contributed by atoms with E-state index in [0.717, 1.165) is 0 Å². The van der Waals surface area contributed by atoms with Crippen molar-refractivity contribution in [3.63, 3.8) is 0 Å². The summed E-state index contributed by atoms with van der Waals surface area (Å²) in [6.45, 7) is 0. The highest BCUT2D eigenvalue weighted by atomic mass is 16.6. The van der Waals surface area contributed by atoms with Gasteiger partial charge in [-0.3, -0.25) is 20.2 Å². The lowest BCUT2D eigenvalue weighted by Gasteiger charge is -2.05. The lowest BCUT2D eigenvalue weighted by atomic mass is 10.1. The van der Waals surface area contributed by atoms with Gasteiger partial charge in [-0.05, 0) is 36.4 Å². The average molecular weight is 346 g/mol. The Hall–Kier alpha value is -3.94. The first-order valence-corrected chi connectivity index (χ1v) is 7.63. The summed E-state index contributed by atoms with van der Waals surface area (Å²) in [7, 11) is 0. The second-order valence-corrected chi connectivity index (χ2v) is 5.59. The lowest BCUT2D eigenvalue weighted by Crippen LogP contribution is -1.94. The molecule has 0 aliphatic heterocycles. The van der Waals surface area contributed by atoms with Crippen LogP contribution in [0.3, 0.4) is 0 Å². The van der Waals surface area contributed by atoms with E-state index in [1.54, 1.807) is 48.5 Å². The summed E-state index contributed by atoms with van der Waals surface area (Å²) in [5.41, 5.74) is 2.01. The number of pyridine rings is 2. The fourth-order valence-corrected chi connectivity index (χ4v) is 2.88. The van der Waals surface area contributed by atoms with Crippen molar-refractivity contribution >= 4 is 33.2 Å². The minimum atomic E-state index is -0.447. The molecule has 0 N–H and O–H groups in total. The number of nitro groups is 2. The first kappa shape index (κ1) is 15.6. The van der Waals surface area contributed by atoms with Crippen LogP contribution in [0.25, 0.3) is 33.2 Å². The van der Waals surface area contributed by atoms with E-state index in [1.165, 1.54) is 12.1 Å². The molecule has 0 fully saturated rings. The van der Waals surface area contributed by atoms with Crippen molar-refractivity contribution in [2.75, 3.05) is 0 Å². The van der Waals surface area contributed by atoms with E-state index in [2.05, 4.69) is 9.97 Å². The predicted octanol–water partition coefficient (Wildman–Crippen LogP) is 4.27. The van der Waals surface area contributed by atoms with Gasteiger partial charge in [-0.1, -0.05) is 12.1 Å². The van der Waals surface area contributed by atoms with Crippen LogP contribution in [0, 0.1) is 20.2 Å². The Balaban J connectivity index is 1.87. The standard InChI is InChI=1S/C18H10N4O4/c23-21(24)17-5-1-3-13-11(17)7-9-15(19-13)16-10-8-12-14(20-16)4-2-6-18(12)22(25)26/h1-10H.